The van der Waals surface area contributed by atoms with Gasteiger partial charge in [0, 0.05) is 48.0 Å². The van der Waals surface area contributed by atoms with E-state index in [1.54, 1.807) is 0 Å². The highest BCUT2D eigenvalue weighted by molar-refractivity contribution is 7.26. The highest BCUT2D eigenvalue weighted by Crippen LogP contribution is 2.47. The lowest BCUT2D eigenvalue weighted by Crippen LogP contribution is -2.10. The van der Waals surface area contributed by atoms with Crippen LogP contribution in [-0.2, 0) is 0 Å². The van der Waals surface area contributed by atoms with E-state index >= 15 is 0 Å². The van der Waals surface area contributed by atoms with Gasteiger partial charge >= 0.3 is 0 Å². The van der Waals surface area contributed by atoms with Crippen LogP contribution >= 0.6 is 11.3 Å². The predicted molar refractivity (Wildman–Crippen MR) is 262 cm³/mol. The first-order valence-corrected chi connectivity index (χ1v) is 21.9. The third-order valence-corrected chi connectivity index (χ3v) is 13.8. The molecule has 10 aromatic carbocycles. The van der Waals surface area contributed by atoms with E-state index in [1.807, 2.05) is 23.5 Å². The molecule has 0 saturated carbocycles. The van der Waals surface area contributed by atoms with E-state index in [4.69, 9.17) is 4.74 Å². The zero-order valence-electron chi connectivity index (χ0n) is 33.5. The van der Waals surface area contributed by atoms with Gasteiger partial charge in [0.05, 0.1) is 16.7 Å². The minimum atomic E-state index is 0.875. The summed E-state index contributed by atoms with van der Waals surface area (Å²) < 4.78 is 11.4. The molecule has 3 nitrogen and oxygen atoms in total. The third-order valence-electron chi connectivity index (χ3n) is 12.6. The summed E-state index contributed by atoms with van der Waals surface area (Å²) in [5.41, 5.74) is 13.8. The Morgan fingerprint density at radius 3 is 1.92 bits per heavy atom. The maximum Gasteiger partial charge on any atom is 0.152 e. The molecule has 0 radical (unpaired) electrons. The fourth-order valence-electron chi connectivity index (χ4n) is 9.60. The number of hydrogen-bond donors (Lipinski definition) is 0. The molecule has 2 aromatic heterocycles. The zero-order valence-corrected chi connectivity index (χ0v) is 34.3. The number of thiophene rings is 1. The molecule has 1 aliphatic heterocycles. The molecule has 0 aliphatic carbocycles. The Bertz CT molecular complexity index is 3730. The van der Waals surface area contributed by atoms with Crippen LogP contribution in [0.2, 0.25) is 0 Å². The fraction of sp³-hybridized carbons (Fsp3) is 0. The molecule has 0 N–H and O–H groups in total. The van der Waals surface area contributed by atoms with Crippen molar-refractivity contribution >= 4 is 81.1 Å². The van der Waals surface area contributed by atoms with E-state index in [2.05, 4.69) is 216 Å². The molecule has 1 aliphatic rings. The van der Waals surface area contributed by atoms with Crippen molar-refractivity contribution in [2.24, 2.45) is 0 Å². The Labute approximate surface area is 362 Å². The number of rotatable bonds is 6. The number of benzene rings is 10. The number of ether oxygens (including phenoxy) is 1. The predicted octanol–water partition coefficient (Wildman–Crippen LogP) is 16.9. The standard InChI is InChI=1S/C58H36N2OS/c1-2-11-40-34-42(23-22-37(40)10-1)41-12-7-13-46(35-41)59(45-31-26-39(27-32-45)47-15-8-17-50-48-14-3-6-21-56(48)62-58(47)50)44-29-24-38(25-30-44)43-28-33-52-51(36-43)49-16-9-20-55-57(49)60(52)53-18-4-5-19-54(53)61-55/h1-36H. The number of nitrogens with zero attached hydrogens (tertiary/aromatic N) is 2. The lowest BCUT2D eigenvalue weighted by Gasteiger charge is -2.26. The zero-order chi connectivity index (χ0) is 40.7. The molecule has 4 heteroatoms. The van der Waals surface area contributed by atoms with E-state index < -0.39 is 0 Å². The summed E-state index contributed by atoms with van der Waals surface area (Å²) in [5.74, 6) is 1.76. The maximum atomic E-state index is 6.38. The summed E-state index contributed by atoms with van der Waals surface area (Å²) >= 11 is 1.87. The SMILES string of the molecule is c1cc(-c2ccc3ccccc3c2)cc(N(c2ccc(-c3ccc4c(c3)c3cccc5c3n4-c3ccccc3O5)cc2)c2ccc(-c3cccc4c3sc3ccccc34)cc2)c1. The highest BCUT2D eigenvalue weighted by Gasteiger charge is 2.24. The van der Waals surface area contributed by atoms with Gasteiger partial charge < -0.3 is 14.2 Å². The number of para-hydroxylation sites is 3. The van der Waals surface area contributed by atoms with Crippen LogP contribution in [0.25, 0.3) is 91.8 Å². The van der Waals surface area contributed by atoms with Crippen molar-refractivity contribution in [3.05, 3.63) is 218 Å². The molecule has 0 saturated heterocycles. The van der Waals surface area contributed by atoms with Gasteiger partial charge in [-0.1, -0.05) is 140 Å². The smallest absolute Gasteiger partial charge is 0.152 e. The average molecular weight is 809 g/mol. The molecule has 290 valence electrons. The van der Waals surface area contributed by atoms with Crippen molar-refractivity contribution in [1.82, 2.24) is 4.57 Å². The Kier molecular flexibility index (Phi) is 7.78. The molecular weight excluding hydrogens is 773 g/mol. The Balaban J connectivity index is 0.912. The van der Waals surface area contributed by atoms with Gasteiger partial charge in [-0.25, -0.2) is 0 Å². The van der Waals surface area contributed by atoms with Crippen LogP contribution in [0.1, 0.15) is 0 Å². The second-order valence-corrected chi connectivity index (χ2v) is 17.2. The molecule has 0 spiro atoms. The summed E-state index contributed by atoms with van der Waals surface area (Å²) in [6.45, 7) is 0. The summed E-state index contributed by atoms with van der Waals surface area (Å²) in [4.78, 5) is 2.38. The van der Waals surface area contributed by atoms with Crippen LogP contribution < -0.4 is 9.64 Å². The monoisotopic (exact) mass is 808 g/mol. The van der Waals surface area contributed by atoms with Crippen LogP contribution in [0.15, 0.2) is 218 Å². The van der Waals surface area contributed by atoms with Crippen molar-refractivity contribution in [3.8, 4) is 50.6 Å². The van der Waals surface area contributed by atoms with Crippen LogP contribution in [0.5, 0.6) is 11.5 Å². The molecular formula is C58H36N2OS. The van der Waals surface area contributed by atoms with E-state index in [0.717, 1.165) is 45.3 Å². The Hall–Kier alpha value is -7.92. The quantitative estimate of drug-likeness (QED) is 0.166. The first-order valence-electron chi connectivity index (χ1n) is 21.1. The van der Waals surface area contributed by atoms with E-state index in [9.17, 15) is 0 Å². The van der Waals surface area contributed by atoms with Crippen molar-refractivity contribution in [1.29, 1.82) is 0 Å². The van der Waals surface area contributed by atoms with Gasteiger partial charge in [0.1, 0.15) is 0 Å². The van der Waals surface area contributed by atoms with E-state index in [1.165, 1.54) is 75.1 Å². The average Bonchev–Trinajstić information content (AvgIpc) is 3.89. The second kappa shape index (κ2) is 13.8. The molecule has 0 fully saturated rings. The van der Waals surface area contributed by atoms with Crippen molar-refractivity contribution in [3.63, 3.8) is 0 Å². The van der Waals surface area contributed by atoms with Crippen LogP contribution in [-0.4, -0.2) is 4.57 Å². The molecule has 0 unspecified atom stereocenters. The number of hydrogen-bond acceptors (Lipinski definition) is 3. The summed E-state index contributed by atoms with van der Waals surface area (Å²) in [7, 11) is 0. The van der Waals surface area contributed by atoms with E-state index in [-0.39, 0.29) is 0 Å². The third kappa shape index (κ3) is 5.51. The van der Waals surface area contributed by atoms with Gasteiger partial charge in [0.25, 0.3) is 0 Å². The number of fused-ring (bicyclic) bond motifs is 9. The molecule has 62 heavy (non-hydrogen) atoms. The number of aromatic nitrogens is 1. The lowest BCUT2D eigenvalue weighted by molar-refractivity contribution is 0.476. The van der Waals surface area contributed by atoms with Gasteiger partial charge in [-0.2, -0.15) is 0 Å². The maximum absolute atomic E-state index is 6.38. The minimum Gasteiger partial charge on any atom is -0.453 e. The lowest BCUT2D eigenvalue weighted by atomic mass is 9.99. The Morgan fingerprint density at radius 2 is 1.03 bits per heavy atom. The summed E-state index contributed by atoms with van der Waals surface area (Å²) in [5, 5.41) is 7.51. The van der Waals surface area contributed by atoms with Gasteiger partial charge in [-0.05, 0) is 123 Å². The van der Waals surface area contributed by atoms with Crippen LogP contribution in [0.3, 0.4) is 0 Å². The van der Waals surface area contributed by atoms with Crippen LogP contribution in [0, 0.1) is 0 Å². The number of anilines is 3. The van der Waals surface area contributed by atoms with Crippen molar-refractivity contribution < 1.29 is 4.74 Å². The molecule has 12 aromatic rings. The van der Waals surface area contributed by atoms with E-state index in [0.29, 0.717) is 0 Å². The van der Waals surface area contributed by atoms with Crippen LogP contribution in [0.4, 0.5) is 17.1 Å². The Morgan fingerprint density at radius 1 is 0.387 bits per heavy atom. The summed E-state index contributed by atoms with van der Waals surface area (Å²) in [6.07, 6.45) is 0. The second-order valence-electron chi connectivity index (χ2n) is 16.1. The fourth-order valence-corrected chi connectivity index (χ4v) is 10.8. The first kappa shape index (κ1) is 34.9. The topological polar surface area (TPSA) is 17.4 Å². The van der Waals surface area contributed by atoms with Crippen molar-refractivity contribution in [2.45, 2.75) is 0 Å². The van der Waals surface area contributed by atoms with Crippen molar-refractivity contribution in [2.75, 3.05) is 4.90 Å². The largest absolute Gasteiger partial charge is 0.453 e. The van der Waals surface area contributed by atoms with Gasteiger partial charge in [0.15, 0.2) is 11.5 Å². The van der Waals surface area contributed by atoms with Gasteiger partial charge in [0.2, 0.25) is 0 Å². The van der Waals surface area contributed by atoms with Gasteiger partial charge in [-0.3, -0.25) is 0 Å². The molecule has 3 heterocycles. The molecule has 13 rings (SSSR count). The molecule has 0 amide bonds. The normalized spacial score (nSPS) is 12.0. The van der Waals surface area contributed by atoms with Gasteiger partial charge in [-0.15, -0.1) is 11.3 Å². The highest BCUT2D eigenvalue weighted by atomic mass is 32.1. The molecule has 0 atom stereocenters. The minimum absolute atomic E-state index is 0.875. The first-order chi connectivity index (χ1) is 30.7. The molecule has 0 bridgehead atoms. The summed E-state index contributed by atoms with van der Waals surface area (Å²) in [6, 6.07) is 79.3.